The SMILES string of the molecule is Cc1cc(OCC(F)F)ncc1-c1nc(-c2csc(NC3=NCCCN3)n2)cs1. The quantitative estimate of drug-likeness (QED) is 0.607. The first-order chi connectivity index (χ1) is 14.1. The Morgan fingerprint density at radius 3 is 2.83 bits per heavy atom. The highest BCUT2D eigenvalue weighted by Crippen LogP contribution is 2.32. The lowest BCUT2D eigenvalue weighted by Crippen LogP contribution is -2.35. The smallest absolute Gasteiger partial charge is 0.272 e. The summed E-state index contributed by atoms with van der Waals surface area (Å²) in [5.41, 5.74) is 3.23. The topological polar surface area (TPSA) is 84.3 Å². The summed E-state index contributed by atoms with van der Waals surface area (Å²) >= 11 is 2.96. The van der Waals surface area contributed by atoms with Gasteiger partial charge in [-0.15, -0.1) is 22.7 Å². The molecule has 0 atom stereocenters. The maximum absolute atomic E-state index is 12.3. The first kappa shape index (κ1) is 19.6. The molecule has 0 unspecified atom stereocenters. The maximum atomic E-state index is 12.3. The number of anilines is 1. The van der Waals surface area contributed by atoms with Crippen molar-refractivity contribution < 1.29 is 13.5 Å². The van der Waals surface area contributed by atoms with Crippen LogP contribution in [0.2, 0.25) is 0 Å². The van der Waals surface area contributed by atoms with Crippen LogP contribution in [0.4, 0.5) is 13.9 Å². The molecular formula is C18H18F2N6OS2. The van der Waals surface area contributed by atoms with Crippen molar-refractivity contribution in [2.75, 3.05) is 25.0 Å². The van der Waals surface area contributed by atoms with Gasteiger partial charge in [0.25, 0.3) is 6.43 Å². The van der Waals surface area contributed by atoms with Crippen LogP contribution < -0.4 is 15.4 Å². The van der Waals surface area contributed by atoms with E-state index in [4.69, 9.17) is 4.74 Å². The Kier molecular flexibility index (Phi) is 5.95. The Morgan fingerprint density at radius 1 is 1.24 bits per heavy atom. The van der Waals surface area contributed by atoms with Crippen molar-refractivity contribution in [3.63, 3.8) is 0 Å². The van der Waals surface area contributed by atoms with Gasteiger partial charge in [-0.1, -0.05) is 0 Å². The number of hydrogen-bond donors (Lipinski definition) is 2. The number of halogens is 2. The van der Waals surface area contributed by atoms with E-state index in [2.05, 4.69) is 30.6 Å². The number of aromatic nitrogens is 3. The Labute approximate surface area is 173 Å². The number of hydrogen-bond acceptors (Lipinski definition) is 9. The number of pyridine rings is 1. The summed E-state index contributed by atoms with van der Waals surface area (Å²) in [6.07, 6.45) is 0.0974. The number of guanidine groups is 1. The second-order valence-electron chi connectivity index (χ2n) is 6.25. The molecule has 152 valence electrons. The molecule has 11 heteroatoms. The Hall–Kier alpha value is -2.66. The normalized spacial score (nSPS) is 13.9. The summed E-state index contributed by atoms with van der Waals surface area (Å²) in [5, 5.41) is 11.8. The van der Waals surface area contributed by atoms with Gasteiger partial charge in [0, 0.05) is 41.7 Å². The molecule has 2 N–H and O–H groups in total. The molecular weight excluding hydrogens is 418 g/mol. The average molecular weight is 437 g/mol. The molecule has 1 aliphatic rings. The van der Waals surface area contributed by atoms with E-state index in [1.807, 2.05) is 17.7 Å². The maximum Gasteiger partial charge on any atom is 0.272 e. The fraction of sp³-hybridized carbons (Fsp3) is 0.333. The molecule has 0 fully saturated rings. The Morgan fingerprint density at radius 2 is 2.07 bits per heavy atom. The summed E-state index contributed by atoms with van der Waals surface area (Å²) in [6.45, 7) is 2.91. The number of rotatable bonds is 6. The third kappa shape index (κ3) is 4.85. The number of thiazole rings is 2. The molecule has 0 spiro atoms. The van der Waals surface area contributed by atoms with Crippen LogP contribution >= 0.6 is 22.7 Å². The van der Waals surface area contributed by atoms with Crippen molar-refractivity contribution in [1.82, 2.24) is 20.3 Å². The van der Waals surface area contributed by atoms with Gasteiger partial charge in [-0.2, -0.15) is 0 Å². The van der Waals surface area contributed by atoms with Gasteiger partial charge in [0.2, 0.25) is 5.88 Å². The van der Waals surface area contributed by atoms with Gasteiger partial charge in [-0.05, 0) is 18.9 Å². The molecule has 7 nitrogen and oxygen atoms in total. The minimum atomic E-state index is -2.53. The van der Waals surface area contributed by atoms with Gasteiger partial charge in [0.15, 0.2) is 17.7 Å². The first-order valence-electron chi connectivity index (χ1n) is 8.93. The summed E-state index contributed by atoms with van der Waals surface area (Å²) in [5.74, 6) is 0.921. The standard InChI is InChI=1S/C18H18F2N6OS2/c1-10-5-15(27-7-14(19)20)23-6-11(10)16-24-12(8-28-16)13-9-29-18(25-13)26-17-21-3-2-4-22-17/h5-6,8-9,14H,2-4,7H2,1H3,(H2,21,22,25,26). The predicted octanol–water partition coefficient (Wildman–Crippen LogP) is 4.04. The molecule has 0 aromatic carbocycles. The van der Waals surface area contributed by atoms with Gasteiger partial charge < -0.3 is 15.4 Å². The van der Waals surface area contributed by atoms with E-state index in [-0.39, 0.29) is 5.88 Å². The van der Waals surface area contributed by atoms with E-state index in [1.165, 1.54) is 22.7 Å². The van der Waals surface area contributed by atoms with Gasteiger partial charge in [0.05, 0.1) is 0 Å². The van der Waals surface area contributed by atoms with E-state index < -0.39 is 13.0 Å². The third-order valence-corrected chi connectivity index (χ3v) is 5.70. The average Bonchev–Trinajstić information content (AvgIpc) is 3.37. The summed E-state index contributed by atoms with van der Waals surface area (Å²) < 4.78 is 29.5. The highest BCUT2D eigenvalue weighted by atomic mass is 32.1. The van der Waals surface area contributed by atoms with E-state index in [0.717, 1.165) is 58.1 Å². The van der Waals surface area contributed by atoms with Crippen LogP contribution in [0.1, 0.15) is 12.0 Å². The number of alkyl halides is 2. The zero-order valence-corrected chi connectivity index (χ0v) is 17.1. The monoisotopic (exact) mass is 436 g/mol. The molecule has 3 aromatic rings. The van der Waals surface area contributed by atoms with Crippen LogP contribution in [0.25, 0.3) is 22.0 Å². The largest absolute Gasteiger partial charge is 0.472 e. The predicted molar refractivity (Wildman–Crippen MR) is 111 cm³/mol. The minimum absolute atomic E-state index is 0.179. The zero-order chi connectivity index (χ0) is 20.2. The third-order valence-electron chi connectivity index (χ3n) is 4.07. The fourth-order valence-corrected chi connectivity index (χ4v) is 4.25. The van der Waals surface area contributed by atoms with Crippen molar-refractivity contribution >= 4 is 33.8 Å². The van der Waals surface area contributed by atoms with Crippen LogP contribution in [-0.4, -0.2) is 47.0 Å². The lowest BCUT2D eigenvalue weighted by molar-refractivity contribution is 0.0796. The van der Waals surface area contributed by atoms with Crippen LogP contribution in [-0.2, 0) is 0 Å². The molecule has 4 heterocycles. The minimum Gasteiger partial charge on any atom is -0.472 e. The lowest BCUT2D eigenvalue weighted by Gasteiger charge is -2.13. The second-order valence-corrected chi connectivity index (χ2v) is 7.97. The van der Waals surface area contributed by atoms with Crippen molar-refractivity contribution in [1.29, 1.82) is 0 Å². The summed E-state index contributed by atoms with van der Waals surface area (Å²) in [6, 6.07) is 1.64. The molecule has 0 aliphatic carbocycles. The van der Waals surface area contributed by atoms with Crippen LogP contribution in [0.5, 0.6) is 5.88 Å². The second kappa shape index (κ2) is 8.78. The number of aliphatic imine (C=N–C) groups is 1. The van der Waals surface area contributed by atoms with Gasteiger partial charge in [-0.25, -0.2) is 23.7 Å². The highest BCUT2D eigenvalue weighted by Gasteiger charge is 2.14. The Balaban J connectivity index is 1.48. The molecule has 0 bridgehead atoms. The van der Waals surface area contributed by atoms with Gasteiger partial charge in [0.1, 0.15) is 16.4 Å². The fourth-order valence-electron chi connectivity index (χ4n) is 2.66. The molecule has 0 saturated heterocycles. The van der Waals surface area contributed by atoms with Gasteiger partial charge in [-0.3, -0.25) is 4.99 Å². The molecule has 1 aliphatic heterocycles. The number of ether oxygens (including phenoxy) is 1. The molecule has 29 heavy (non-hydrogen) atoms. The molecule has 3 aromatic heterocycles. The van der Waals surface area contributed by atoms with Crippen LogP contribution in [0, 0.1) is 6.92 Å². The van der Waals surface area contributed by atoms with Gasteiger partial charge >= 0.3 is 0 Å². The van der Waals surface area contributed by atoms with E-state index in [9.17, 15) is 8.78 Å². The van der Waals surface area contributed by atoms with Crippen molar-refractivity contribution in [2.45, 2.75) is 19.8 Å². The van der Waals surface area contributed by atoms with Crippen molar-refractivity contribution in [3.8, 4) is 27.8 Å². The molecule has 0 amide bonds. The summed E-state index contributed by atoms with van der Waals surface area (Å²) in [7, 11) is 0. The van der Waals surface area contributed by atoms with E-state index in [1.54, 1.807) is 12.3 Å². The Bertz CT molecular complexity index is 1020. The van der Waals surface area contributed by atoms with E-state index >= 15 is 0 Å². The van der Waals surface area contributed by atoms with E-state index in [0.29, 0.717) is 0 Å². The number of nitrogens with zero attached hydrogens (tertiary/aromatic N) is 4. The van der Waals surface area contributed by atoms with Crippen LogP contribution in [0.3, 0.4) is 0 Å². The number of nitrogens with one attached hydrogen (secondary N) is 2. The molecule has 0 radical (unpaired) electrons. The van der Waals surface area contributed by atoms with Crippen molar-refractivity contribution in [2.24, 2.45) is 4.99 Å². The first-order valence-corrected chi connectivity index (χ1v) is 10.7. The summed E-state index contributed by atoms with van der Waals surface area (Å²) in [4.78, 5) is 17.7. The molecule has 0 saturated carbocycles. The van der Waals surface area contributed by atoms with Crippen LogP contribution in [0.15, 0.2) is 28.0 Å². The highest BCUT2D eigenvalue weighted by molar-refractivity contribution is 7.14. The lowest BCUT2D eigenvalue weighted by atomic mass is 10.2. The van der Waals surface area contributed by atoms with Crippen molar-refractivity contribution in [3.05, 3.63) is 28.6 Å². The number of aryl methyl sites for hydroxylation is 1. The zero-order valence-electron chi connectivity index (χ0n) is 15.5. The molecule has 4 rings (SSSR count).